The lowest BCUT2D eigenvalue weighted by Crippen LogP contribution is -2.45. The molecule has 0 radical (unpaired) electrons. The predicted octanol–water partition coefficient (Wildman–Crippen LogP) is 4.33. The quantitative estimate of drug-likeness (QED) is 0.547. The SMILES string of the molecule is CCC(C)CNC(=S)N1CCC(c2nc(C(=O)Nc3ccccc3N3CCOCC3)cs2)CC1. The lowest BCUT2D eigenvalue weighted by Gasteiger charge is -2.33. The highest BCUT2D eigenvalue weighted by atomic mass is 32.1. The number of nitrogens with one attached hydrogen (secondary N) is 2. The topological polar surface area (TPSA) is 69.7 Å². The molecule has 9 heteroatoms. The van der Waals surface area contributed by atoms with E-state index in [1.807, 2.05) is 29.6 Å². The normalized spacial score (nSPS) is 17.9. The van der Waals surface area contributed by atoms with Gasteiger partial charge in [0.15, 0.2) is 5.11 Å². The molecule has 0 saturated carbocycles. The number of carbonyl (C=O) groups is 1. The van der Waals surface area contributed by atoms with Gasteiger partial charge in [0, 0.05) is 44.0 Å². The van der Waals surface area contributed by atoms with E-state index < -0.39 is 0 Å². The predicted molar refractivity (Wildman–Crippen MR) is 143 cm³/mol. The summed E-state index contributed by atoms with van der Waals surface area (Å²) in [6.07, 6.45) is 3.15. The minimum Gasteiger partial charge on any atom is -0.378 e. The number of carbonyl (C=O) groups excluding carboxylic acids is 1. The highest BCUT2D eigenvalue weighted by molar-refractivity contribution is 7.80. The third-order valence-corrected chi connectivity index (χ3v) is 8.10. The Kier molecular flexibility index (Phi) is 8.74. The van der Waals surface area contributed by atoms with Crippen LogP contribution in [0.15, 0.2) is 29.6 Å². The molecule has 3 heterocycles. The Morgan fingerprint density at radius 1 is 1.24 bits per heavy atom. The number of aromatic nitrogens is 1. The van der Waals surface area contributed by atoms with Gasteiger partial charge in [0.2, 0.25) is 0 Å². The van der Waals surface area contributed by atoms with Crippen LogP contribution in [-0.4, -0.2) is 66.8 Å². The first-order valence-electron chi connectivity index (χ1n) is 12.3. The Morgan fingerprint density at radius 2 is 1.97 bits per heavy atom. The monoisotopic (exact) mass is 501 g/mol. The van der Waals surface area contributed by atoms with Crippen molar-refractivity contribution in [2.24, 2.45) is 5.92 Å². The molecule has 34 heavy (non-hydrogen) atoms. The second-order valence-corrected chi connectivity index (χ2v) is 10.4. The van der Waals surface area contributed by atoms with Gasteiger partial charge in [0.05, 0.1) is 29.6 Å². The summed E-state index contributed by atoms with van der Waals surface area (Å²) < 4.78 is 5.47. The highest BCUT2D eigenvalue weighted by Crippen LogP contribution is 2.31. The van der Waals surface area contributed by atoms with Gasteiger partial charge in [0.1, 0.15) is 5.69 Å². The summed E-state index contributed by atoms with van der Waals surface area (Å²) in [5.74, 6) is 0.841. The van der Waals surface area contributed by atoms with Crippen LogP contribution in [0.3, 0.4) is 0 Å². The summed E-state index contributed by atoms with van der Waals surface area (Å²) in [6.45, 7) is 10.3. The number of morpholine rings is 1. The zero-order valence-electron chi connectivity index (χ0n) is 20.1. The van der Waals surface area contributed by atoms with Gasteiger partial charge in [0.25, 0.3) is 5.91 Å². The molecule has 184 valence electrons. The first-order valence-corrected chi connectivity index (χ1v) is 13.5. The zero-order valence-corrected chi connectivity index (χ0v) is 21.7. The lowest BCUT2D eigenvalue weighted by molar-refractivity contribution is 0.102. The summed E-state index contributed by atoms with van der Waals surface area (Å²) in [4.78, 5) is 22.2. The number of likely N-dealkylation sites (tertiary alicyclic amines) is 1. The first kappa shape index (κ1) is 24.9. The van der Waals surface area contributed by atoms with Crippen LogP contribution < -0.4 is 15.5 Å². The number of benzene rings is 1. The van der Waals surface area contributed by atoms with Crippen molar-refractivity contribution < 1.29 is 9.53 Å². The molecule has 1 aromatic carbocycles. The fraction of sp³-hybridized carbons (Fsp3) is 0.560. The Hall–Kier alpha value is -2.23. The number of nitrogens with zero attached hydrogens (tertiary/aromatic N) is 3. The summed E-state index contributed by atoms with van der Waals surface area (Å²) in [7, 11) is 0. The number of para-hydroxylation sites is 2. The zero-order chi connectivity index (χ0) is 23.9. The van der Waals surface area contributed by atoms with Gasteiger partial charge < -0.3 is 25.2 Å². The number of ether oxygens (including phenoxy) is 1. The minimum absolute atomic E-state index is 0.156. The van der Waals surface area contributed by atoms with Crippen LogP contribution in [0.4, 0.5) is 11.4 Å². The van der Waals surface area contributed by atoms with Gasteiger partial charge in [-0.3, -0.25) is 4.79 Å². The molecular weight excluding hydrogens is 466 g/mol. The van der Waals surface area contributed by atoms with E-state index in [1.54, 1.807) is 11.3 Å². The number of thiocarbonyl (C=S) groups is 1. The molecule has 0 bridgehead atoms. The maximum atomic E-state index is 13.0. The molecule has 4 rings (SSSR count). The Labute approximate surface area is 211 Å². The molecule has 1 amide bonds. The van der Waals surface area contributed by atoms with Crippen LogP contribution in [0.5, 0.6) is 0 Å². The van der Waals surface area contributed by atoms with Gasteiger partial charge in [-0.2, -0.15) is 0 Å². The maximum absolute atomic E-state index is 13.0. The van der Waals surface area contributed by atoms with E-state index in [2.05, 4.69) is 34.3 Å². The van der Waals surface area contributed by atoms with E-state index in [0.717, 1.165) is 73.5 Å². The van der Waals surface area contributed by atoms with Crippen molar-refractivity contribution in [3.05, 3.63) is 40.3 Å². The van der Waals surface area contributed by atoms with E-state index in [9.17, 15) is 4.79 Å². The fourth-order valence-corrected chi connectivity index (χ4v) is 5.51. The smallest absolute Gasteiger partial charge is 0.275 e. The molecule has 1 aromatic heterocycles. The van der Waals surface area contributed by atoms with Gasteiger partial charge >= 0.3 is 0 Å². The third kappa shape index (κ3) is 6.25. The molecule has 2 aliphatic rings. The van der Waals surface area contributed by atoms with Crippen LogP contribution in [-0.2, 0) is 4.74 Å². The van der Waals surface area contributed by atoms with E-state index in [-0.39, 0.29) is 5.91 Å². The lowest BCUT2D eigenvalue weighted by atomic mass is 9.98. The van der Waals surface area contributed by atoms with Gasteiger partial charge in [-0.15, -0.1) is 11.3 Å². The molecule has 2 aromatic rings. The number of hydrogen-bond donors (Lipinski definition) is 2. The Morgan fingerprint density at radius 3 is 2.71 bits per heavy atom. The van der Waals surface area contributed by atoms with Gasteiger partial charge in [-0.25, -0.2) is 4.98 Å². The van der Waals surface area contributed by atoms with Crippen LogP contribution in [0, 0.1) is 5.92 Å². The van der Waals surface area contributed by atoms with Crippen LogP contribution in [0.25, 0.3) is 0 Å². The van der Waals surface area contributed by atoms with Crippen molar-refractivity contribution in [3.8, 4) is 0 Å². The van der Waals surface area contributed by atoms with Crippen molar-refractivity contribution >= 4 is 45.9 Å². The van der Waals surface area contributed by atoms with E-state index in [4.69, 9.17) is 21.9 Å². The standard InChI is InChI=1S/C25H35N5O2S2/c1-3-18(2)16-26-25(33)30-10-8-19(9-11-30)24-28-21(17-34-24)23(31)27-20-6-4-5-7-22(20)29-12-14-32-15-13-29/h4-7,17-19H,3,8-16H2,1-2H3,(H,26,33)(H,27,31). The summed E-state index contributed by atoms with van der Waals surface area (Å²) in [6, 6.07) is 7.94. The van der Waals surface area contributed by atoms with Crippen molar-refractivity contribution in [2.45, 2.75) is 39.0 Å². The third-order valence-electron chi connectivity index (χ3n) is 6.69. The second kappa shape index (κ2) is 12.0. The molecule has 1 atom stereocenters. The van der Waals surface area contributed by atoms with E-state index in [0.29, 0.717) is 30.7 Å². The van der Waals surface area contributed by atoms with Gasteiger partial charge in [-0.05, 0) is 43.1 Å². The highest BCUT2D eigenvalue weighted by Gasteiger charge is 2.25. The molecule has 7 nitrogen and oxygen atoms in total. The molecule has 1 unspecified atom stereocenters. The van der Waals surface area contributed by atoms with Crippen LogP contribution >= 0.6 is 23.6 Å². The molecule has 2 N–H and O–H groups in total. The van der Waals surface area contributed by atoms with Crippen molar-refractivity contribution in [1.82, 2.24) is 15.2 Å². The molecule has 0 spiro atoms. The average molecular weight is 502 g/mol. The molecule has 0 aliphatic carbocycles. The molecular formula is C25H35N5O2S2. The van der Waals surface area contributed by atoms with E-state index in [1.165, 1.54) is 0 Å². The number of amides is 1. The summed E-state index contributed by atoms with van der Waals surface area (Å²) in [5, 5.41) is 10.3. The number of hydrogen-bond acceptors (Lipinski definition) is 6. The number of rotatable bonds is 7. The Balaban J connectivity index is 1.32. The van der Waals surface area contributed by atoms with Gasteiger partial charge in [-0.1, -0.05) is 32.4 Å². The van der Waals surface area contributed by atoms with E-state index >= 15 is 0 Å². The van der Waals surface area contributed by atoms with Crippen LogP contribution in [0.1, 0.15) is 54.5 Å². The molecule has 2 fully saturated rings. The first-order chi connectivity index (χ1) is 16.5. The number of thiazole rings is 1. The van der Waals surface area contributed by atoms with Crippen molar-refractivity contribution in [1.29, 1.82) is 0 Å². The largest absolute Gasteiger partial charge is 0.378 e. The van der Waals surface area contributed by atoms with Crippen molar-refractivity contribution in [2.75, 3.05) is 56.2 Å². The summed E-state index contributed by atoms with van der Waals surface area (Å²) >= 11 is 7.18. The molecule has 2 aliphatic heterocycles. The summed E-state index contributed by atoms with van der Waals surface area (Å²) in [5.41, 5.74) is 2.33. The minimum atomic E-state index is -0.156. The van der Waals surface area contributed by atoms with Crippen LogP contribution in [0.2, 0.25) is 0 Å². The van der Waals surface area contributed by atoms with Crippen molar-refractivity contribution in [3.63, 3.8) is 0 Å². The number of anilines is 2. The number of piperidine rings is 1. The molecule has 2 saturated heterocycles. The maximum Gasteiger partial charge on any atom is 0.275 e. The fourth-order valence-electron chi connectivity index (χ4n) is 4.27. The average Bonchev–Trinajstić information content (AvgIpc) is 3.38. The second-order valence-electron chi connectivity index (χ2n) is 9.10. The Bertz CT molecular complexity index is 968.